The van der Waals surface area contributed by atoms with Gasteiger partial charge in [0.05, 0.1) is 10.2 Å². The molecule has 2 aromatic carbocycles. The lowest BCUT2D eigenvalue weighted by molar-refractivity contribution is 0.0960. The number of nitrogens with zero attached hydrogens (tertiary/aromatic N) is 3. The minimum absolute atomic E-state index is 0.194. The van der Waals surface area contributed by atoms with E-state index in [9.17, 15) is 4.79 Å². The SMILES string of the molecule is Cc1c(Cl)ccc2sc(N(CCN(C)C)C(=O)c3cc4ccccc4o3)nc12. The molecule has 0 N–H and O–H groups in total. The molecule has 2 aromatic heterocycles. The van der Waals surface area contributed by atoms with Crippen LogP contribution in [0.25, 0.3) is 21.2 Å². The fourth-order valence-corrected chi connectivity index (χ4v) is 4.21. The van der Waals surface area contributed by atoms with Crippen LogP contribution in [-0.2, 0) is 0 Å². The Morgan fingerprint density at radius 3 is 2.71 bits per heavy atom. The zero-order chi connectivity index (χ0) is 19.8. The second-order valence-electron chi connectivity index (χ2n) is 6.92. The number of para-hydroxylation sites is 1. The molecule has 0 atom stereocenters. The first kappa shape index (κ1) is 18.9. The largest absolute Gasteiger partial charge is 0.451 e. The Labute approximate surface area is 172 Å². The van der Waals surface area contributed by atoms with Crippen molar-refractivity contribution in [1.82, 2.24) is 9.88 Å². The smallest absolute Gasteiger partial charge is 0.295 e. The van der Waals surface area contributed by atoms with Gasteiger partial charge in [0.1, 0.15) is 5.58 Å². The molecule has 7 heteroatoms. The lowest BCUT2D eigenvalue weighted by atomic mass is 10.2. The Morgan fingerprint density at radius 1 is 1.18 bits per heavy atom. The maximum Gasteiger partial charge on any atom is 0.295 e. The van der Waals surface area contributed by atoms with E-state index >= 15 is 0 Å². The van der Waals surface area contributed by atoms with Crippen LogP contribution >= 0.6 is 22.9 Å². The Kier molecular flexibility index (Phi) is 5.10. The Balaban J connectivity index is 1.76. The molecule has 5 nitrogen and oxygen atoms in total. The van der Waals surface area contributed by atoms with Gasteiger partial charge in [-0.3, -0.25) is 9.69 Å². The number of benzene rings is 2. The van der Waals surface area contributed by atoms with E-state index < -0.39 is 0 Å². The van der Waals surface area contributed by atoms with Gasteiger partial charge in [0.25, 0.3) is 5.91 Å². The van der Waals surface area contributed by atoms with E-state index in [0.717, 1.165) is 21.2 Å². The topological polar surface area (TPSA) is 49.6 Å². The summed E-state index contributed by atoms with van der Waals surface area (Å²) in [5.74, 6) is 0.120. The maximum atomic E-state index is 13.3. The number of thiazole rings is 1. The number of anilines is 1. The average molecular weight is 414 g/mol. The molecule has 0 fully saturated rings. The van der Waals surface area contributed by atoms with Gasteiger partial charge in [-0.15, -0.1) is 0 Å². The van der Waals surface area contributed by atoms with Crippen molar-refractivity contribution in [3.63, 3.8) is 0 Å². The van der Waals surface area contributed by atoms with Gasteiger partial charge in [-0.1, -0.05) is 41.1 Å². The zero-order valence-corrected chi connectivity index (χ0v) is 17.5. The summed E-state index contributed by atoms with van der Waals surface area (Å²) < 4.78 is 6.81. The highest BCUT2D eigenvalue weighted by atomic mass is 35.5. The summed E-state index contributed by atoms with van der Waals surface area (Å²) in [5, 5.41) is 2.23. The highest BCUT2D eigenvalue weighted by Gasteiger charge is 2.25. The molecule has 0 unspecified atom stereocenters. The molecule has 0 aliphatic carbocycles. The van der Waals surface area contributed by atoms with Gasteiger partial charge in [0.2, 0.25) is 0 Å². The number of rotatable bonds is 5. The van der Waals surface area contributed by atoms with Crippen molar-refractivity contribution < 1.29 is 9.21 Å². The van der Waals surface area contributed by atoms with Crippen molar-refractivity contribution in [2.24, 2.45) is 0 Å². The van der Waals surface area contributed by atoms with Crippen molar-refractivity contribution in [2.75, 3.05) is 32.1 Å². The lowest BCUT2D eigenvalue weighted by Crippen LogP contribution is -2.36. The summed E-state index contributed by atoms with van der Waals surface area (Å²) in [4.78, 5) is 21.8. The monoisotopic (exact) mass is 413 g/mol. The first-order chi connectivity index (χ1) is 13.4. The van der Waals surface area contributed by atoms with Gasteiger partial charge >= 0.3 is 0 Å². The fourth-order valence-electron chi connectivity index (χ4n) is 3.01. The van der Waals surface area contributed by atoms with Gasteiger partial charge in [0.15, 0.2) is 10.9 Å². The van der Waals surface area contributed by atoms with Gasteiger partial charge in [-0.05, 0) is 50.8 Å². The number of aromatic nitrogens is 1. The Morgan fingerprint density at radius 2 is 1.96 bits per heavy atom. The number of amides is 1. The third kappa shape index (κ3) is 3.51. The van der Waals surface area contributed by atoms with Crippen molar-refractivity contribution in [1.29, 1.82) is 0 Å². The average Bonchev–Trinajstić information content (AvgIpc) is 3.29. The molecule has 0 aliphatic heterocycles. The molecule has 4 rings (SSSR count). The number of fused-ring (bicyclic) bond motifs is 2. The van der Waals surface area contributed by atoms with Crippen LogP contribution in [0.3, 0.4) is 0 Å². The predicted molar refractivity (Wildman–Crippen MR) is 116 cm³/mol. The molecule has 28 heavy (non-hydrogen) atoms. The van der Waals surface area contributed by atoms with Crippen LogP contribution in [0, 0.1) is 6.92 Å². The minimum atomic E-state index is -0.194. The molecule has 0 aliphatic rings. The zero-order valence-electron chi connectivity index (χ0n) is 15.9. The Hall–Kier alpha value is -2.41. The van der Waals surface area contributed by atoms with Gasteiger partial charge in [-0.25, -0.2) is 4.98 Å². The molecule has 144 valence electrons. The number of carbonyl (C=O) groups is 1. The number of hydrogen-bond donors (Lipinski definition) is 0. The molecule has 0 bridgehead atoms. The van der Waals surface area contributed by atoms with E-state index in [4.69, 9.17) is 21.0 Å². The number of carbonyl (C=O) groups excluding carboxylic acids is 1. The number of hydrogen-bond acceptors (Lipinski definition) is 5. The van der Waals surface area contributed by atoms with E-state index in [0.29, 0.717) is 34.6 Å². The van der Waals surface area contributed by atoms with Crippen molar-refractivity contribution in [2.45, 2.75) is 6.92 Å². The second-order valence-corrected chi connectivity index (χ2v) is 8.34. The van der Waals surface area contributed by atoms with E-state index in [2.05, 4.69) is 0 Å². The third-order valence-electron chi connectivity index (χ3n) is 4.62. The van der Waals surface area contributed by atoms with Crippen LogP contribution in [0.15, 0.2) is 46.9 Å². The van der Waals surface area contributed by atoms with Gasteiger partial charge < -0.3 is 9.32 Å². The lowest BCUT2D eigenvalue weighted by Gasteiger charge is -2.20. The molecule has 0 saturated carbocycles. The highest BCUT2D eigenvalue weighted by Crippen LogP contribution is 2.34. The first-order valence-corrected chi connectivity index (χ1v) is 10.1. The number of aryl methyl sites for hydroxylation is 1. The molecule has 0 radical (unpaired) electrons. The molecular formula is C21H20ClN3O2S. The molecule has 1 amide bonds. The first-order valence-electron chi connectivity index (χ1n) is 8.95. The summed E-state index contributed by atoms with van der Waals surface area (Å²) in [6.45, 7) is 3.16. The molecule has 4 aromatic rings. The van der Waals surface area contributed by atoms with Gasteiger partial charge in [0, 0.05) is 23.5 Å². The van der Waals surface area contributed by atoms with Crippen molar-refractivity contribution >= 4 is 55.2 Å². The van der Waals surface area contributed by atoms with E-state index in [1.54, 1.807) is 11.0 Å². The second kappa shape index (κ2) is 7.54. The summed E-state index contributed by atoms with van der Waals surface area (Å²) in [6, 6.07) is 13.2. The van der Waals surface area contributed by atoms with E-state index in [1.807, 2.05) is 62.3 Å². The molecule has 2 heterocycles. The normalized spacial score (nSPS) is 11.6. The van der Waals surface area contributed by atoms with E-state index in [1.165, 1.54) is 11.3 Å². The Bertz CT molecular complexity index is 1130. The third-order valence-corrected chi connectivity index (χ3v) is 6.07. The van der Waals surface area contributed by atoms with E-state index in [-0.39, 0.29) is 5.91 Å². The van der Waals surface area contributed by atoms with Crippen LogP contribution < -0.4 is 4.90 Å². The van der Waals surface area contributed by atoms with Crippen molar-refractivity contribution in [3.05, 3.63) is 58.8 Å². The van der Waals surface area contributed by atoms with Crippen molar-refractivity contribution in [3.8, 4) is 0 Å². The summed E-state index contributed by atoms with van der Waals surface area (Å²) in [7, 11) is 3.96. The number of likely N-dealkylation sites (N-methyl/N-ethyl adjacent to an activating group) is 1. The number of halogens is 1. The van der Waals surface area contributed by atoms with Gasteiger partial charge in [-0.2, -0.15) is 0 Å². The number of furan rings is 1. The highest BCUT2D eigenvalue weighted by molar-refractivity contribution is 7.22. The summed E-state index contributed by atoms with van der Waals surface area (Å²) >= 11 is 7.73. The molecular weight excluding hydrogens is 394 g/mol. The standard InChI is InChI=1S/C21H20ClN3O2S/c1-13-15(22)8-9-18-19(13)23-21(28-18)25(11-10-24(2)3)20(26)17-12-14-6-4-5-7-16(14)27-17/h4-9,12H,10-11H2,1-3H3. The van der Waals surface area contributed by atoms with Crippen LogP contribution in [-0.4, -0.2) is 43.0 Å². The van der Waals surface area contributed by atoms with Crippen LogP contribution in [0.1, 0.15) is 16.1 Å². The maximum absolute atomic E-state index is 13.3. The fraction of sp³-hybridized carbons (Fsp3) is 0.238. The molecule has 0 saturated heterocycles. The van der Waals surface area contributed by atoms with Crippen LogP contribution in [0.2, 0.25) is 5.02 Å². The van der Waals surface area contributed by atoms with Crippen LogP contribution in [0.5, 0.6) is 0 Å². The predicted octanol–water partition coefficient (Wildman–Crippen LogP) is 5.21. The minimum Gasteiger partial charge on any atom is -0.451 e. The summed E-state index contributed by atoms with van der Waals surface area (Å²) in [6.07, 6.45) is 0. The van der Waals surface area contributed by atoms with Crippen LogP contribution in [0.4, 0.5) is 5.13 Å². The molecule has 0 spiro atoms. The quantitative estimate of drug-likeness (QED) is 0.450. The summed E-state index contributed by atoms with van der Waals surface area (Å²) in [5.41, 5.74) is 2.45.